The van der Waals surface area contributed by atoms with Gasteiger partial charge in [-0.1, -0.05) is 29.3 Å². The molecule has 0 aliphatic rings. The van der Waals surface area contributed by atoms with Crippen LogP contribution >= 0.6 is 23.2 Å². The van der Waals surface area contributed by atoms with E-state index < -0.39 is 0 Å². The van der Waals surface area contributed by atoms with Crippen LogP contribution in [0.2, 0.25) is 10.0 Å². The lowest BCUT2D eigenvalue weighted by Crippen LogP contribution is -1.77. The van der Waals surface area contributed by atoms with Gasteiger partial charge in [0.25, 0.3) is 0 Å². The summed E-state index contributed by atoms with van der Waals surface area (Å²) in [6, 6.07) is 15.2. The minimum atomic E-state index is 0.554. The monoisotopic (exact) mass is 342 g/mol. The average Bonchev–Trinajstić information content (AvgIpc) is 3.12. The number of hydrogen-bond acceptors (Lipinski definition) is 2. The van der Waals surface area contributed by atoms with Gasteiger partial charge >= 0.3 is 0 Å². The fourth-order valence-corrected chi connectivity index (χ4v) is 3.04. The highest BCUT2D eigenvalue weighted by Crippen LogP contribution is 2.33. The van der Waals surface area contributed by atoms with Crippen molar-refractivity contribution in [3.05, 3.63) is 64.1 Å². The Morgan fingerprint density at radius 3 is 2.61 bits per heavy atom. The number of nitrogens with zero attached hydrogens (tertiary/aromatic N) is 1. The van der Waals surface area contributed by atoms with E-state index in [4.69, 9.17) is 27.6 Å². The number of imidazole rings is 1. The van der Waals surface area contributed by atoms with Crippen molar-refractivity contribution < 1.29 is 4.42 Å². The Balaban J connectivity index is 1.76. The van der Waals surface area contributed by atoms with Crippen molar-refractivity contribution in [1.82, 2.24) is 9.97 Å². The highest BCUT2D eigenvalue weighted by molar-refractivity contribution is 6.36. The molecule has 0 spiro atoms. The van der Waals surface area contributed by atoms with E-state index in [2.05, 4.69) is 16.0 Å². The van der Waals surface area contributed by atoms with Crippen LogP contribution < -0.4 is 0 Å². The number of aryl methyl sites for hydroxylation is 1. The van der Waals surface area contributed by atoms with Crippen molar-refractivity contribution in [2.45, 2.75) is 6.92 Å². The summed E-state index contributed by atoms with van der Waals surface area (Å²) in [6.45, 7) is 2.05. The van der Waals surface area contributed by atoms with Gasteiger partial charge in [-0.05, 0) is 55.0 Å². The number of aromatic nitrogens is 2. The van der Waals surface area contributed by atoms with E-state index in [0.29, 0.717) is 27.4 Å². The van der Waals surface area contributed by atoms with E-state index in [0.717, 1.165) is 16.6 Å². The predicted molar refractivity (Wildman–Crippen MR) is 94.0 cm³/mol. The third-order valence-electron chi connectivity index (χ3n) is 3.67. The lowest BCUT2D eigenvalue weighted by Gasteiger charge is -2.01. The van der Waals surface area contributed by atoms with E-state index in [1.54, 1.807) is 12.1 Å². The summed E-state index contributed by atoms with van der Waals surface area (Å²) in [4.78, 5) is 7.85. The maximum atomic E-state index is 6.23. The topological polar surface area (TPSA) is 41.8 Å². The maximum absolute atomic E-state index is 6.23. The number of furan rings is 1. The molecule has 5 heteroatoms. The van der Waals surface area contributed by atoms with Crippen LogP contribution in [0, 0.1) is 6.92 Å². The minimum Gasteiger partial charge on any atom is -0.453 e. The fraction of sp³-hybridized carbons (Fsp3) is 0.0556. The van der Waals surface area contributed by atoms with E-state index in [-0.39, 0.29) is 0 Å². The second kappa shape index (κ2) is 5.44. The van der Waals surface area contributed by atoms with Gasteiger partial charge in [0.05, 0.1) is 16.1 Å². The number of fused-ring (bicyclic) bond motifs is 1. The zero-order valence-corrected chi connectivity index (χ0v) is 13.7. The van der Waals surface area contributed by atoms with Crippen LogP contribution in [0.4, 0.5) is 0 Å². The molecule has 0 aliphatic heterocycles. The molecule has 0 bridgehead atoms. The molecule has 2 aromatic heterocycles. The summed E-state index contributed by atoms with van der Waals surface area (Å²) in [5, 5.41) is 1.15. The largest absolute Gasteiger partial charge is 0.453 e. The first-order valence-corrected chi connectivity index (χ1v) is 7.88. The van der Waals surface area contributed by atoms with Crippen molar-refractivity contribution in [1.29, 1.82) is 0 Å². The predicted octanol–water partition coefficient (Wildman–Crippen LogP) is 6.11. The standard InChI is InChI=1S/C18H12Cl2N2O/c1-10-2-5-14-15(8-10)22-18(21-14)17-7-6-16(23-17)12-4-3-11(19)9-13(12)20/h2-9H,1H3,(H,21,22). The van der Waals surface area contributed by atoms with Crippen molar-refractivity contribution >= 4 is 34.2 Å². The second-order valence-electron chi connectivity index (χ2n) is 5.39. The first kappa shape index (κ1) is 14.4. The Kier molecular flexibility index (Phi) is 3.40. The van der Waals surface area contributed by atoms with Gasteiger partial charge in [0, 0.05) is 10.6 Å². The first-order chi connectivity index (χ1) is 11.1. The first-order valence-electron chi connectivity index (χ1n) is 7.12. The van der Waals surface area contributed by atoms with Gasteiger partial charge in [-0.3, -0.25) is 0 Å². The molecule has 4 aromatic rings. The Bertz CT molecular complexity index is 1020. The molecule has 1 N–H and O–H groups in total. The highest BCUT2D eigenvalue weighted by atomic mass is 35.5. The summed E-state index contributed by atoms with van der Waals surface area (Å²) >= 11 is 12.2. The number of H-pyrrole nitrogens is 1. The van der Waals surface area contributed by atoms with Crippen LogP contribution in [0.5, 0.6) is 0 Å². The minimum absolute atomic E-state index is 0.554. The molecule has 0 atom stereocenters. The van der Waals surface area contributed by atoms with E-state index in [9.17, 15) is 0 Å². The van der Waals surface area contributed by atoms with Crippen LogP contribution in [0.15, 0.2) is 52.9 Å². The summed E-state index contributed by atoms with van der Waals surface area (Å²) in [5.74, 6) is 2.04. The third-order valence-corrected chi connectivity index (χ3v) is 4.22. The van der Waals surface area contributed by atoms with Crippen LogP contribution in [0.25, 0.3) is 33.9 Å². The van der Waals surface area contributed by atoms with E-state index >= 15 is 0 Å². The Labute approximate surface area is 142 Å². The third kappa shape index (κ3) is 2.62. The maximum Gasteiger partial charge on any atom is 0.174 e. The Morgan fingerprint density at radius 1 is 0.957 bits per heavy atom. The van der Waals surface area contributed by atoms with Crippen molar-refractivity contribution in [3.63, 3.8) is 0 Å². The molecule has 0 amide bonds. The molecule has 2 heterocycles. The van der Waals surface area contributed by atoms with Gasteiger partial charge in [-0.15, -0.1) is 0 Å². The number of nitrogens with one attached hydrogen (secondary N) is 1. The van der Waals surface area contributed by atoms with E-state index in [1.807, 2.05) is 37.3 Å². The Hall–Kier alpha value is -2.23. The van der Waals surface area contributed by atoms with Gasteiger partial charge in [-0.2, -0.15) is 0 Å². The van der Waals surface area contributed by atoms with Crippen molar-refractivity contribution in [2.24, 2.45) is 0 Å². The summed E-state index contributed by atoms with van der Waals surface area (Å²) < 4.78 is 5.91. The molecule has 4 rings (SSSR count). The SMILES string of the molecule is Cc1ccc2nc(-c3ccc(-c4ccc(Cl)cc4Cl)o3)[nH]c2c1. The summed E-state index contributed by atoms with van der Waals surface area (Å²) in [6.07, 6.45) is 0. The van der Waals surface area contributed by atoms with Gasteiger partial charge in [0.2, 0.25) is 0 Å². The molecular weight excluding hydrogens is 331 g/mol. The molecule has 0 aliphatic carbocycles. The van der Waals surface area contributed by atoms with Gasteiger partial charge in [-0.25, -0.2) is 4.98 Å². The lowest BCUT2D eigenvalue weighted by atomic mass is 10.2. The van der Waals surface area contributed by atoms with Crippen LogP contribution in [0.1, 0.15) is 5.56 Å². The van der Waals surface area contributed by atoms with Crippen LogP contribution in [-0.2, 0) is 0 Å². The zero-order chi connectivity index (χ0) is 16.0. The quantitative estimate of drug-likeness (QED) is 0.477. The number of halogens is 2. The highest BCUT2D eigenvalue weighted by Gasteiger charge is 2.13. The van der Waals surface area contributed by atoms with Gasteiger partial charge in [0.1, 0.15) is 5.76 Å². The van der Waals surface area contributed by atoms with Gasteiger partial charge in [0.15, 0.2) is 11.6 Å². The molecule has 3 nitrogen and oxygen atoms in total. The molecule has 0 saturated carbocycles. The van der Waals surface area contributed by atoms with Crippen molar-refractivity contribution in [3.8, 4) is 22.9 Å². The van der Waals surface area contributed by atoms with Crippen LogP contribution in [0.3, 0.4) is 0 Å². The molecule has 0 fully saturated rings. The van der Waals surface area contributed by atoms with Gasteiger partial charge < -0.3 is 9.40 Å². The second-order valence-corrected chi connectivity index (χ2v) is 6.24. The fourth-order valence-electron chi connectivity index (χ4n) is 2.54. The molecule has 114 valence electrons. The lowest BCUT2D eigenvalue weighted by molar-refractivity contribution is 0.593. The molecular formula is C18H12Cl2N2O. The number of rotatable bonds is 2. The molecule has 23 heavy (non-hydrogen) atoms. The normalized spacial score (nSPS) is 11.3. The summed E-state index contributed by atoms with van der Waals surface area (Å²) in [5.41, 5.74) is 3.88. The summed E-state index contributed by atoms with van der Waals surface area (Å²) in [7, 11) is 0. The van der Waals surface area contributed by atoms with E-state index in [1.165, 1.54) is 5.56 Å². The number of hydrogen-bond donors (Lipinski definition) is 1. The number of aromatic amines is 1. The zero-order valence-electron chi connectivity index (χ0n) is 12.2. The Morgan fingerprint density at radius 2 is 1.78 bits per heavy atom. The molecule has 2 aromatic carbocycles. The van der Waals surface area contributed by atoms with Crippen molar-refractivity contribution in [2.75, 3.05) is 0 Å². The molecule has 0 unspecified atom stereocenters. The molecule has 0 saturated heterocycles. The molecule has 0 radical (unpaired) electrons. The van der Waals surface area contributed by atoms with Crippen LogP contribution in [-0.4, -0.2) is 9.97 Å². The number of benzene rings is 2. The average molecular weight is 343 g/mol. The smallest absolute Gasteiger partial charge is 0.174 e.